The molecule has 21 heavy (non-hydrogen) atoms. The molecule has 6 heteroatoms. The molecule has 0 aliphatic carbocycles. The second-order valence-corrected chi connectivity index (χ2v) is 5.53. The first-order valence-electron chi connectivity index (χ1n) is 6.33. The number of nitro benzene ring substituents is 1. The lowest BCUT2D eigenvalue weighted by atomic mass is 9.98. The van der Waals surface area contributed by atoms with Crippen LogP contribution in [0.2, 0.25) is 0 Å². The van der Waals surface area contributed by atoms with Crippen molar-refractivity contribution < 1.29 is 9.66 Å². The minimum atomic E-state index is -0.448. The minimum Gasteiger partial charge on any atom is -0.497 e. The Balaban J connectivity index is 2.24. The number of hydrogen-bond donors (Lipinski definition) is 1. The van der Waals surface area contributed by atoms with Crippen LogP contribution in [0.1, 0.15) is 17.2 Å². The summed E-state index contributed by atoms with van der Waals surface area (Å²) < 4.78 is 5.87. The van der Waals surface area contributed by atoms with Crippen molar-refractivity contribution in [3.63, 3.8) is 0 Å². The molecule has 0 spiro atoms. The Morgan fingerprint density at radius 1 is 1.29 bits per heavy atom. The first-order chi connectivity index (χ1) is 10.0. The monoisotopic (exact) mass is 350 g/mol. The molecule has 1 unspecified atom stereocenters. The number of rotatable bonds is 5. The number of nitrogens with two attached hydrogens (primary N) is 1. The molecule has 2 aromatic rings. The van der Waals surface area contributed by atoms with Crippen molar-refractivity contribution in [3.05, 3.63) is 68.2 Å². The molecule has 0 saturated carbocycles. The topological polar surface area (TPSA) is 78.4 Å². The Kier molecular flexibility index (Phi) is 4.93. The van der Waals surface area contributed by atoms with Crippen LogP contribution in [0.3, 0.4) is 0 Å². The van der Waals surface area contributed by atoms with Crippen LogP contribution in [0.25, 0.3) is 0 Å². The fourth-order valence-electron chi connectivity index (χ4n) is 2.11. The van der Waals surface area contributed by atoms with Gasteiger partial charge in [0.15, 0.2) is 0 Å². The fourth-order valence-corrected chi connectivity index (χ4v) is 2.49. The van der Waals surface area contributed by atoms with E-state index in [1.165, 1.54) is 6.07 Å². The molecule has 0 aromatic heterocycles. The van der Waals surface area contributed by atoms with E-state index in [9.17, 15) is 10.1 Å². The second-order valence-electron chi connectivity index (χ2n) is 4.62. The molecular weight excluding hydrogens is 336 g/mol. The third-order valence-corrected chi connectivity index (χ3v) is 3.69. The van der Waals surface area contributed by atoms with Gasteiger partial charge >= 0.3 is 0 Å². The summed E-state index contributed by atoms with van der Waals surface area (Å²) in [5.74, 6) is 0.765. The normalized spacial score (nSPS) is 12.0. The number of nitrogens with zero attached hydrogens (tertiary/aromatic N) is 1. The number of methoxy groups -OCH3 is 1. The summed E-state index contributed by atoms with van der Waals surface area (Å²) in [5.41, 5.74) is 7.71. The zero-order valence-electron chi connectivity index (χ0n) is 11.5. The second kappa shape index (κ2) is 6.69. The van der Waals surface area contributed by atoms with Crippen LogP contribution in [0, 0.1) is 10.1 Å². The van der Waals surface area contributed by atoms with Crippen molar-refractivity contribution in [1.82, 2.24) is 0 Å². The molecule has 0 fully saturated rings. The van der Waals surface area contributed by atoms with E-state index in [1.807, 2.05) is 24.3 Å². The summed E-state index contributed by atoms with van der Waals surface area (Å²) >= 11 is 3.32. The van der Waals surface area contributed by atoms with Crippen LogP contribution in [0.4, 0.5) is 5.69 Å². The van der Waals surface area contributed by atoms with Crippen LogP contribution >= 0.6 is 15.9 Å². The fraction of sp³-hybridized carbons (Fsp3) is 0.200. The molecule has 2 aromatic carbocycles. The van der Waals surface area contributed by atoms with Gasteiger partial charge in [-0.3, -0.25) is 10.1 Å². The molecule has 2 rings (SSSR count). The van der Waals surface area contributed by atoms with Crippen molar-refractivity contribution in [1.29, 1.82) is 0 Å². The van der Waals surface area contributed by atoms with Crippen LogP contribution < -0.4 is 10.5 Å². The lowest BCUT2D eigenvalue weighted by Gasteiger charge is -2.13. The minimum absolute atomic E-state index is 0.0409. The zero-order valence-corrected chi connectivity index (χ0v) is 13.0. The molecule has 0 amide bonds. The standard InChI is InChI=1S/C15H15BrN2O3/c1-21-12-5-2-10(3-6-12)8-14(17)13-9-11(16)4-7-15(13)18(19)20/h2-7,9,14H,8,17H2,1H3. The maximum Gasteiger partial charge on any atom is 0.274 e. The van der Waals surface area contributed by atoms with E-state index in [1.54, 1.807) is 19.2 Å². The molecule has 0 heterocycles. The van der Waals surface area contributed by atoms with Crippen LogP contribution in [-0.4, -0.2) is 12.0 Å². The van der Waals surface area contributed by atoms with E-state index < -0.39 is 11.0 Å². The maximum atomic E-state index is 11.1. The summed E-state index contributed by atoms with van der Waals surface area (Å²) in [7, 11) is 1.60. The number of ether oxygens (including phenoxy) is 1. The number of hydrogen-bond acceptors (Lipinski definition) is 4. The van der Waals surface area contributed by atoms with Gasteiger partial charge in [-0.15, -0.1) is 0 Å². The molecule has 0 aliphatic rings. The van der Waals surface area contributed by atoms with Gasteiger partial charge < -0.3 is 10.5 Å². The van der Waals surface area contributed by atoms with Gasteiger partial charge in [-0.2, -0.15) is 0 Å². The van der Waals surface area contributed by atoms with Crippen molar-refractivity contribution in [2.45, 2.75) is 12.5 Å². The molecule has 5 nitrogen and oxygen atoms in total. The highest BCUT2D eigenvalue weighted by molar-refractivity contribution is 9.10. The van der Waals surface area contributed by atoms with E-state index in [0.29, 0.717) is 12.0 Å². The van der Waals surface area contributed by atoms with E-state index in [2.05, 4.69) is 15.9 Å². The third-order valence-electron chi connectivity index (χ3n) is 3.20. The van der Waals surface area contributed by atoms with Crippen LogP contribution in [-0.2, 0) is 6.42 Å². The Morgan fingerprint density at radius 3 is 2.52 bits per heavy atom. The lowest BCUT2D eigenvalue weighted by molar-refractivity contribution is -0.385. The van der Waals surface area contributed by atoms with E-state index >= 15 is 0 Å². The SMILES string of the molecule is COc1ccc(CC(N)c2cc(Br)ccc2[N+](=O)[O-])cc1. The lowest BCUT2D eigenvalue weighted by Crippen LogP contribution is -2.15. The zero-order chi connectivity index (χ0) is 15.4. The van der Waals surface area contributed by atoms with Gasteiger partial charge in [0.05, 0.1) is 12.0 Å². The molecule has 2 N–H and O–H groups in total. The third kappa shape index (κ3) is 3.80. The highest BCUT2D eigenvalue weighted by atomic mass is 79.9. The van der Waals surface area contributed by atoms with Crippen molar-refractivity contribution in [3.8, 4) is 5.75 Å². The van der Waals surface area contributed by atoms with Gasteiger partial charge in [0.25, 0.3) is 5.69 Å². The van der Waals surface area contributed by atoms with Gasteiger partial charge in [-0.1, -0.05) is 28.1 Å². The van der Waals surface area contributed by atoms with Gasteiger partial charge in [-0.25, -0.2) is 0 Å². The smallest absolute Gasteiger partial charge is 0.274 e. The number of benzene rings is 2. The van der Waals surface area contributed by atoms with E-state index in [0.717, 1.165) is 15.8 Å². The summed E-state index contributed by atoms with van der Waals surface area (Å²) in [4.78, 5) is 10.7. The first kappa shape index (κ1) is 15.5. The Bertz CT molecular complexity index is 644. The van der Waals surface area contributed by atoms with Crippen LogP contribution in [0.5, 0.6) is 5.75 Å². The molecule has 0 saturated heterocycles. The van der Waals surface area contributed by atoms with Gasteiger partial charge in [0, 0.05) is 22.1 Å². The average molecular weight is 351 g/mol. The Morgan fingerprint density at radius 2 is 1.95 bits per heavy atom. The molecule has 0 aliphatic heterocycles. The predicted molar refractivity (Wildman–Crippen MR) is 84.4 cm³/mol. The molecule has 0 bridgehead atoms. The molecule has 0 radical (unpaired) electrons. The summed E-state index contributed by atoms with van der Waals surface area (Å²) in [5, 5.41) is 11.1. The van der Waals surface area contributed by atoms with Gasteiger partial charge in [0.2, 0.25) is 0 Å². The summed E-state index contributed by atoms with van der Waals surface area (Å²) in [6, 6.07) is 11.9. The largest absolute Gasteiger partial charge is 0.497 e. The van der Waals surface area contributed by atoms with E-state index in [-0.39, 0.29) is 5.69 Å². The van der Waals surface area contributed by atoms with Crippen molar-refractivity contribution >= 4 is 21.6 Å². The van der Waals surface area contributed by atoms with E-state index in [4.69, 9.17) is 10.5 Å². The van der Waals surface area contributed by atoms with Crippen LogP contribution in [0.15, 0.2) is 46.9 Å². The first-order valence-corrected chi connectivity index (χ1v) is 7.13. The Labute approximate surface area is 131 Å². The highest BCUT2D eigenvalue weighted by Gasteiger charge is 2.20. The summed E-state index contributed by atoms with van der Waals surface area (Å²) in [6.45, 7) is 0. The molecule has 1 atom stereocenters. The van der Waals surface area contributed by atoms with Gasteiger partial charge in [0.1, 0.15) is 5.75 Å². The highest BCUT2D eigenvalue weighted by Crippen LogP contribution is 2.29. The molecule has 110 valence electrons. The predicted octanol–water partition coefficient (Wildman–Crippen LogP) is 3.61. The molecular formula is C15H15BrN2O3. The number of halogens is 1. The average Bonchev–Trinajstić information content (AvgIpc) is 2.47. The number of nitro groups is 1. The quantitative estimate of drug-likeness (QED) is 0.659. The Hall–Kier alpha value is -1.92. The summed E-state index contributed by atoms with van der Waals surface area (Å²) in [6.07, 6.45) is 0.515. The van der Waals surface area contributed by atoms with Crippen molar-refractivity contribution in [2.75, 3.05) is 7.11 Å². The van der Waals surface area contributed by atoms with Crippen molar-refractivity contribution in [2.24, 2.45) is 5.73 Å². The maximum absolute atomic E-state index is 11.1. The van der Waals surface area contributed by atoms with Gasteiger partial charge in [-0.05, 0) is 36.2 Å².